The first kappa shape index (κ1) is 12.8. The lowest BCUT2D eigenvalue weighted by atomic mass is 10.0. The fraction of sp³-hybridized carbons (Fsp3) is 0.231. The van der Waals surface area contributed by atoms with E-state index in [-0.39, 0.29) is 16.7 Å². The molecule has 18 heavy (non-hydrogen) atoms. The molecule has 0 saturated carbocycles. The quantitative estimate of drug-likeness (QED) is 0.881. The molecular formula is C13H12BrNO3. The van der Waals surface area contributed by atoms with Gasteiger partial charge in [0.15, 0.2) is 0 Å². The Balaban J connectivity index is 3.18. The highest BCUT2D eigenvalue weighted by molar-refractivity contribution is 9.10. The SMILES string of the molecule is Cc1cc(Br)c2c(c1)c(C(=O)O)c(C)c(=O)n2C. The molecule has 0 aliphatic heterocycles. The highest BCUT2D eigenvalue weighted by Crippen LogP contribution is 2.28. The van der Waals surface area contributed by atoms with E-state index < -0.39 is 5.97 Å². The Morgan fingerprint density at radius 1 is 1.33 bits per heavy atom. The molecule has 0 fully saturated rings. The molecule has 0 aliphatic rings. The summed E-state index contributed by atoms with van der Waals surface area (Å²) in [5.41, 5.74) is 1.60. The summed E-state index contributed by atoms with van der Waals surface area (Å²) in [6.45, 7) is 3.43. The first-order valence-electron chi connectivity index (χ1n) is 5.37. The second kappa shape index (κ2) is 4.24. The molecule has 0 atom stereocenters. The van der Waals surface area contributed by atoms with Crippen molar-refractivity contribution in [2.24, 2.45) is 7.05 Å². The summed E-state index contributed by atoms with van der Waals surface area (Å²) in [6, 6.07) is 3.65. The van der Waals surface area contributed by atoms with Gasteiger partial charge in [0, 0.05) is 22.5 Å². The number of pyridine rings is 1. The number of aryl methyl sites for hydroxylation is 2. The number of carboxylic acid groups (broad SMARTS) is 1. The number of aromatic nitrogens is 1. The van der Waals surface area contributed by atoms with E-state index in [1.165, 1.54) is 4.57 Å². The van der Waals surface area contributed by atoms with Crippen LogP contribution in [0.2, 0.25) is 0 Å². The van der Waals surface area contributed by atoms with Crippen molar-refractivity contribution in [3.8, 4) is 0 Å². The van der Waals surface area contributed by atoms with E-state index >= 15 is 0 Å². The predicted molar refractivity (Wildman–Crippen MR) is 73.3 cm³/mol. The zero-order valence-corrected chi connectivity index (χ0v) is 11.8. The third-order valence-corrected chi connectivity index (χ3v) is 3.63. The number of hydrogen-bond acceptors (Lipinski definition) is 2. The van der Waals surface area contributed by atoms with Crippen LogP contribution in [0.5, 0.6) is 0 Å². The van der Waals surface area contributed by atoms with E-state index in [0.29, 0.717) is 10.9 Å². The average Bonchev–Trinajstić information content (AvgIpc) is 2.24. The summed E-state index contributed by atoms with van der Waals surface area (Å²) in [5, 5.41) is 9.88. The maximum atomic E-state index is 12.0. The lowest BCUT2D eigenvalue weighted by Crippen LogP contribution is -2.23. The second-order valence-electron chi connectivity index (χ2n) is 4.31. The van der Waals surface area contributed by atoms with Gasteiger partial charge in [-0.15, -0.1) is 0 Å². The maximum absolute atomic E-state index is 12.0. The Morgan fingerprint density at radius 3 is 2.50 bits per heavy atom. The zero-order valence-electron chi connectivity index (χ0n) is 10.2. The van der Waals surface area contributed by atoms with Crippen LogP contribution >= 0.6 is 15.9 Å². The standard InChI is InChI=1S/C13H12BrNO3/c1-6-4-8-10(13(17)18)7(2)12(16)15(3)11(8)9(14)5-6/h4-5H,1-3H3,(H,17,18). The van der Waals surface area contributed by atoms with Crippen molar-refractivity contribution in [3.05, 3.63) is 43.6 Å². The molecule has 2 rings (SSSR count). The molecule has 1 aromatic heterocycles. The van der Waals surface area contributed by atoms with Gasteiger partial charge in [-0.2, -0.15) is 0 Å². The number of rotatable bonds is 1. The summed E-state index contributed by atoms with van der Waals surface area (Å²) in [7, 11) is 1.64. The topological polar surface area (TPSA) is 59.3 Å². The number of benzene rings is 1. The van der Waals surface area contributed by atoms with Gasteiger partial charge in [0.2, 0.25) is 0 Å². The third-order valence-electron chi connectivity index (χ3n) is 3.03. The van der Waals surface area contributed by atoms with Gasteiger partial charge in [-0.25, -0.2) is 4.79 Å². The Hall–Kier alpha value is -1.62. The number of halogens is 1. The molecule has 0 unspecified atom stereocenters. The number of carboxylic acids is 1. The molecule has 0 spiro atoms. The fourth-order valence-electron chi connectivity index (χ4n) is 2.20. The molecule has 1 heterocycles. The van der Waals surface area contributed by atoms with E-state index in [1.807, 2.05) is 13.0 Å². The van der Waals surface area contributed by atoms with Gasteiger partial charge in [0.1, 0.15) is 0 Å². The van der Waals surface area contributed by atoms with Crippen LogP contribution in [0.4, 0.5) is 0 Å². The molecule has 1 N–H and O–H groups in total. The van der Waals surface area contributed by atoms with Crippen molar-refractivity contribution in [2.75, 3.05) is 0 Å². The Labute approximate surface area is 112 Å². The van der Waals surface area contributed by atoms with Crippen molar-refractivity contribution in [1.82, 2.24) is 4.57 Å². The molecule has 0 saturated heterocycles. The van der Waals surface area contributed by atoms with Crippen LogP contribution in [0.3, 0.4) is 0 Å². The summed E-state index contributed by atoms with van der Waals surface area (Å²) < 4.78 is 2.19. The van der Waals surface area contributed by atoms with Crippen LogP contribution < -0.4 is 5.56 Å². The maximum Gasteiger partial charge on any atom is 0.336 e. The highest BCUT2D eigenvalue weighted by Gasteiger charge is 2.19. The van der Waals surface area contributed by atoms with Gasteiger partial charge in [-0.05, 0) is 47.5 Å². The Bertz CT molecular complexity index is 731. The second-order valence-corrected chi connectivity index (χ2v) is 5.17. The van der Waals surface area contributed by atoms with Crippen molar-refractivity contribution >= 4 is 32.8 Å². The summed E-state index contributed by atoms with van der Waals surface area (Å²) >= 11 is 3.39. The van der Waals surface area contributed by atoms with Crippen LogP contribution in [0.25, 0.3) is 10.9 Å². The van der Waals surface area contributed by atoms with Crippen LogP contribution in [0.15, 0.2) is 21.4 Å². The molecule has 0 bridgehead atoms. The number of fused-ring (bicyclic) bond motifs is 1. The van der Waals surface area contributed by atoms with Gasteiger partial charge in [-0.1, -0.05) is 0 Å². The lowest BCUT2D eigenvalue weighted by molar-refractivity contribution is 0.0698. The van der Waals surface area contributed by atoms with E-state index in [9.17, 15) is 14.7 Å². The molecule has 0 aliphatic carbocycles. The first-order valence-corrected chi connectivity index (χ1v) is 6.16. The molecule has 0 radical (unpaired) electrons. The van der Waals surface area contributed by atoms with Gasteiger partial charge in [0.05, 0.1) is 11.1 Å². The monoisotopic (exact) mass is 309 g/mol. The smallest absolute Gasteiger partial charge is 0.336 e. The normalized spacial score (nSPS) is 10.9. The zero-order chi connectivity index (χ0) is 13.6. The van der Waals surface area contributed by atoms with Crippen molar-refractivity contribution in [1.29, 1.82) is 0 Å². The molecule has 5 heteroatoms. The minimum absolute atomic E-state index is 0.0810. The molecule has 94 valence electrons. The largest absolute Gasteiger partial charge is 0.478 e. The summed E-state index contributed by atoms with van der Waals surface area (Å²) in [4.78, 5) is 23.4. The van der Waals surface area contributed by atoms with Gasteiger partial charge >= 0.3 is 5.97 Å². The third kappa shape index (κ3) is 1.75. The fourth-order valence-corrected chi connectivity index (χ4v) is 3.04. The van der Waals surface area contributed by atoms with Crippen molar-refractivity contribution < 1.29 is 9.90 Å². The average molecular weight is 310 g/mol. The lowest BCUT2D eigenvalue weighted by Gasteiger charge is -2.13. The predicted octanol–water partition coefficient (Wildman–Crippen LogP) is 2.62. The molecule has 0 amide bonds. The van der Waals surface area contributed by atoms with Crippen LogP contribution in [-0.2, 0) is 7.05 Å². The van der Waals surface area contributed by atoms with Gasteiger partial charge in [0.25, 0.3) is 5.56 Å². The summed E-state index contributed by atoms with van der Waals surface area (Å²) in [5.74, 6) is -1.08. The molecular weight excluding hydrogens is 298 g/mol. The minimum Gasteiger partial charge on any atom is -0.478 e. The molecule has 2 aromatic rings. The number of nitrogens with zero attached hydrogens (tertiary/aromatic N) is 1. The van der Waals surface area contributed by atoms with E-state index in [1.54, 1.807) is 20.0 Å². The molecule has 4 nitrogen and oxygen atoms in total. The van der Waals surface area contributed by atoms with E-state index in [4.69, 9.17) is 0 Å². The van der Waals surface area contributed by atoms with Crippen molar-refractivity contribution in [2.45, 2.75) is 13.8 Å². The van der Waals surface area contributed by atoms with Gasteiger partial charge < -0.3 is 9.67 Å². The summed E-state index contributed by atoms with van der Waals surface area (Å²) in [6.07, 6.45) is 0. The minimum atomic E-state index is -1.08. The van der Waals surface area contributed by atoms with Crippen molar-refractivity contribution in [3.63, 3.8) is 0 Å². The highest BCUT2D eigenvalue weighted by atomic mass is 79.9. The first-order chi connectivity index (χ1) is 8.34. The van der Waals surface area contributed by atoms with E-state index in [2.05, 4.69) is 15.9 Å². The van der Waals surface area contributed by atoms with Crippen LogP contribution in [-0.4, -0.2) is 15.6 Å². The Morgan fingerprint density at radius 2 is 1.94 bits per heavy atom. The van der Waals surface area contributed by atoms with E-state index in [0.717, 1.165) is 10.0 Å². The van der Waals surface area contributed by atoms with Gasteiger partial charge in [-0.3, -0.25) is 4.79 Å². The Kier molecular flexibility index (Phi) is 3.02. The van der Waals surface area contributed by atoms with Crippen LogP contribution in [0.1, 0.15) is 21.5 Å². The number of aromatic carboxylic acids is 1. The number of carbonyl (C=O) groups is 1. The molecule has 1 aromatic carbocycles. The number of hydrogen-bond donors (Lipinski definition) is 1. The van der Waals surface area contributed by atoms with Crippen LogP contribution in [0, 0.1) is 13.8 Å².